The summed E-state index contributed by atoms with van der Waals surface area (Å²) in [6.45, 7) is 2.38. The molecule has 26 heavy (non-hydrogen) atoms. The number of H-pyrrole nitrogens is 1. The van der Waals surface area contributed by atoms with E-state index < -0.39 is 6.10 Å². The molecule has 0 bridgehead atoms. The standard InChI is InChI=1S/C19H20N4O3/c1-2-23(12-18(25)14-4-3-5-15(24)10-14)19(26)17-11-16(21-22-17)13-6-8-20-9-7-13/h3-11,18,24-25H,2,12H2,1H3,(H,21,22). The van der Waals surface area contributed by atoms with Crippen molar-refractivity contribution in [3.8, 4) is 17.0 Å². The second-order valence-electron chi connectivity index (χ2n) is 5.86. The molecule has 2 aromatic heterocycles. The molecular weight excluding hydrogens is 332 g/mol. The molecule has 0 aliphatic carbocycles. The van der Waals surface area contributed by atoms with Crippen LogP contribution in [0.2, 0.25) is 0 Å². The number of pyridine rings is 1. The number of phenolic OH excluding ortho intramolecular Hbond substituents is 1. The summed E-state index contributed by atoms with van der Waals surface area (Å²) >= 11 is 0. The van der Waals surface area contributed by atoms with Gasteiger partial charge in [-0.15, -0.1) is 0 Å². The van der Waals surface area contributed by atoms with Gasteiger partial charge in [0.15, 0.2) is 0 Å². The average molecular weight is 352 g/mol. The van der Waals surface area contributed by atoms with Crippen LogP contribution < -0.4 is 0 Å². The fraction of sp³-hybridized carbons (Fsp3) is 0.211. The van der Waals surface area contributed by atoms with E-state index in [2.05, 4.69) is 15.2 Å². The number of carbonyl (C=O) groups excluding carboxylic acids is 1. The molecule has 1 unspecified atom stereocenters. The first kappa shape index (κ1) is 17.6. The Balaban J connectivity index is 1.74. The number of phenols is 1. The Labute approximate surface area is 150 Å². The van der Waals surface area contributed by atoms with E-state index in [1.54, 1.807) is 30.6 Å². The maximum absolute atomic E-state index is 12.7. The molecule has 134 valence electrons. The molecule has 0 saturated carbocycles. The minimum Gasteiger partial charge on any atom is -0.508 e. The number of carbonyl (C=O) groups is 1. The van der Waals surface area contributed by atoms with Crippen molar-refractivity contribution in [2.24, 2.45) is 0 Å². The van der Waals surface area contributed by atoms with Crippen molar-refractivity contribution in [3.63, 3.8) is 0 Å². The number of aliphatic hydroxyl groups excluding tert-OH is 1. The van der Waals surface area contributed by atoms with Gasteiger partial charge in [-0.3, -0.25) is 14.9 Å². The van der Waals surface area contributed by atoms with Gasteiger partial charge in [0.05, 0.1) is 18.3 Å². The van der Waals surface area contributed by atoms with Crippen LogP contribution in [0.15, 0.2) is 54.9 Å². The molecule has 0 radical (unpaired) electrons. The van der Waals surface area contributed by atoms with Crippen molar-refractivity contribution in [2.45, 2.75) is 13.0 Å². The zero-order valence-electron chi connectivity index (χ0n) is 14.3. The highest BCUT2D eigenvalue weighted by Gasteiger charge is 2.21. The summed E-state index contributed by atoms with van der Waals surface area (Å²) in [4.78, 5) is 18.2. The first-order valence-corrected chi connectivity index (χ1v) is 8.30. The van der Waals surface area contributed by atoms with E-state index in [4.69, 9.17) is 0 Å². The summed E-state index contributed by atoms with van der Waals surface area (Å²) in [7, 11) is 0. The Hall–Kier alpha value is -3.19. The Morgan fingerprint density at radius 2 is 2.00 bits per heavy atom. The lowest BCUT2D eigenvalue weighted by Gasteiger charge is -2.23. The maximum atomic E-state index is 12.7. The van der Waals surface area contributed by atoms with Crippen LogP contribution in [0.1, 0.15) is 29.1 Å². The zero-order chi connectivity index (χ0) is 18.5. The second-order valence-corrected chi connectivity index (χ2v) is 5.86. The van der Waals surface area contributed by atoms with Crippen molar-refractivity contribution in [1.29, 1.82) is 0 Å². The number of aromatic hydroxyl groups is 1. The van der Waals surface area contributed by atoms with Crippen LogP contribution in [0.25, 0.3) is 11.3 Å². The van der Waals surface area contributed by atoms with Gasteiger partial charge in [0, 0.05) is 24.5 Å². The van der Waals surface area contributed by atoms with Gasteiger partial charge in [0.25, 0.3) is 5.91 Å². The zero-order valence-corrected chi connectivity index (χ0v) is 14.3. The third-order valence-corrected chi connectivity index (χ3v) is 4.10. The molecule has 3 aromatic rings. The molecule has 7 nitrogen and oxygen atoms in total. The minimum atomic E-state index is -0.895. The van der Waals surface area contributed by atoms with E-state index in [1.165, 1.54) is 17.0 Å². The van der Waals surface area contributed by atoms with Crippen molar-refractivity contribution >= 4 is 5.91 Å². The largest absolute Gasteiger partial charge is 0.508 e. The summed E-state index contributed by atoms with van der Waals surface area (Å²) in [6.07, 6.45) is 2.43. The highest BCUT2D eigenvalue weighted by molar-refractivity contribution is 5.93. The van der Waals surface area contributed by atoms with E-state index in [1.807, 2.05) is 19.1 Å². The van der Waals surface area contributed by atoms with Crippen LogP contribution in [0.3, 0.4) is 0 Å². The summed E-state index contributed by atoms with van der Waals surface area (Å²) < 4.78 is 0. The molecule has 1 atom stereocenters. The van der Waals surface area contributed by atoms with Gasteiger partial charge in [-0.1, -0.05) is 12.1 Å². The normalized spacial score (nSPS) is 11.9. The second kappa shape index (κ2) is 7.79. The molecule has 1 aromatic carbocycles. The number of aliphatic hydroxyl groups is 1. The third kappa shape index (κ3) is 3.89. The molecule has 0 aliphatic heterocycles. The molecule has 7 heteroatoms. The Morgan fingerprint density at radius 3 is 2.69 bits per heavy atom. The summed E-state index contributed by atoms with van der Waals surface area (Å²) in [5, 5.41) is 26.9. The van der Waals surface area contributed by atoms with E-state index in [-0.39, 0.29) is 18.2 Å². The number of hydrogen-bond acceptors (Lipinski definition) is 5. The fourth-order valence-electron chi connectivity index (χ4n) is 2.67. The number of hydrogen-bond donors (Lipinski definition) is 3. The summed E-state index contributed by atoms with van der Waals surface area (Å²) in [5.74, 6) is -0.175. The fourth-order valence-corrected chi connectivity index (χ4v) is 2.67. The van der Waals surface area contributed by atoms with Crippen molar-refractivity contribution in [2.75, 3.05) is 13.1 Å². The smallest absolute Gasteiger partial charge is 0.271 e. The lowest BCUT2D eigenvalue weighted by molar-refractivity contribution is 0.0629. The van der Waals surface area contributed by atoms with Crippen LogP contribution in [0, 0.1) is 0 Å². The van der Waals surface area contributed by atoms with E-state index in [9.17, 15) is 15.0 Å². The Morgan fingerprint density at radius 1 is 1.23 bits per heavy atom. The van der Waals surface area contributed by atoms with Gasteiger partial charge in [0.1, 0.15) is 11.4 Å². The highest BCUT2D eigenvalue weighted by atomic mass is 16.3. The average Bonchev–Trinajstić information content (AvgIpc) is 3.16. The molecule has 0 fully saturated rings. The van der Waals surface area contributed by atoms with Crippen LogP contribution >= 0.6 is 0 Å². The number of benzene rings is 1. The molecule has 3 N–H and O–H groups in total. The van der Waals surface area contributed by atoms with Gasteiger partial charge < -0.3 is 15.1 Å². The third-order valence-electron chi connectivity index (χ3n) is 4.10. The number of nitrogens with zero attached hydrogens (tertiary/aromatic N) is 3. The molecule has 0 spiro atoms. The monoisotopic (exact) mass is 352 g/mol. The molecule has 3 rings (SSSR count). The number of aromatic nitrogens is 3. The number of rotatable bonds is 6. The SMILES string of the molecule is CCN(CC(O)c1cccc(O)c1)C(=O)c1cc(-c2ccncc2)n[nH]1. The first-order chi connectivity index (χ1) is 12.6. The van der Waals surface area contributed by atoms with Crippen molar-refractivity contribution in [1.82, 2.24) is 20.1 Å². The van der Waals surface area contributed by atoms with Crippen LogP contribution in [-0.4, -0.2) is 49.3 Å². The first-order valence-electron chi connectivity index (χ1n) is 8.30. The highest BCUT2D eigenvalue weighted by Crippen LogP contribution is 2.21. The molecule has 0 saturated heterocycles. The van der Waals surface area contributed by atoms with Crippen LogP contribution in [-0.2, 0) is 0 Å². The van der Waals surface area contributed by atoms with Crippen molar-refractivity contribution in [3.05, 3.63) is 66.1 Å². The van der Waals surface area contributed by atoms with Gasteiger partial charge in [-0.25, -0.2) is 0 Å². The molecule has 0 aliphatic rings. The number of aromatic amines is 1. The van der Waals surface area contributed by atoms with Gasteiger partial charge in [-0.2, -0.15) is 5.10 Å². The minimum absolute atomic E-state index is 0.0754. The number of amides is 1. The lowest BCUT2D eigenvalue weighted by Crippen LogP contribution is -2.34. The topological polar surface area (TPSA) is 102 Å². The number of nitrogens with one attached hydrogen (secondary N) is 1. The van der Waals surface area contributed by atoms with Crippen LogP contribution in [0.4, 0.5) is 0 Å². The van der Waals surface area contributed by atoms with Gasteiger partial charge >= 0.3 is 0 Å². The quantitative estimate of drug-likeness (QED) is 0.632. The Kier molecular flexibility index (Phi) is 5.28. The molecule has 2 heterocycles. The predicted octanol–water partition coefficient (Wildman–Crippen LogP) is 2.37. The van der Waals surface area contributed by atoms with E-state index in [0.717, 1.165) is 5.56 Å². The Bertz CT molecular complexity index is 879. The van der Waals surface area contributed by atoms with Crippen molar-refractivity contribution < 1.29 is 15.0 Å². The number of likely N-dealkylation sites (N-methyl/N-ethyl adjacent to an activating group) is 1. The van der Waals surface area contributed by atoms with Gasteiger partial charge in [0.2, 0.25) is 0 Å². The molecular formula is C19H20N4O3. The lowest BCUT2D eigenvalue weighted by atomic mass is 10.1. The van der Waals surface area contributed by atoms with E-state index >= 15 is 0 Å². The maximum Gasteiger partial charge on any atom is 0.271 e. The van der Waals surface area contributed by atoms with E-state index in [0.29, 0.717) is 23.5 Å². The summed E-state index contributed by atoms with van der Waals surface area (Å²) in [5.41, 5.74) is 2.42. The predicted molar refractivity (Wildman–Crippen MR) is 96.5 cm³/mol. The summed E-state index contributed by atoms with van der Waals surface area (Å²) in [6, 6.07) is 11.7. The molecule has 1 amide bonds. The van der Waals surface area contributed by atoms with Gasteiger partial charge in [-0.05, 0) is 42.8 Å². The van der Waals surface area contributed by atoms with Crippen LogP contribution in [0.5, 0.6) is 5.75 Å².